The number of halogens is 1. The summed E-state index contributed by atoms with van der Waals surface area (Å²) >= 11 is 5.79. The Labute approximate surface area is 118 Å². The maximum absolute atomic E-state index is 12.0. The van der Waals surface area contributed by atoms with Gasteiger partial charge < -0.3 is 5.32 Å². The van der Waals surface area contributed by atoms with Gasteiger partial charge in [-0.15, -0.1) is 0 Å². The molecule has 0 aliphatic carbocycles. The summed E-state index contributed by atoms with van der Waals surface area (Å²) < 4.78 is 0. The summed E-state index contributed by atoms with van der Waals surface area (Å²) in [4.78, 5) is 12.0. The van der Waals surface area contributed by atoms with Crippen molar-refractivity contribution >= 4 is 23.2 Å². The Bertz CT molecular complexity index is 546. The van der Waals surface area contributed by atoms with Gasteiger partial charge in [-0.1, -0.05) is 37.1 Å². The quantitative estimate of drug-likeness (QED) is 0.870. The van der Waals surface area contributed by atoms with E-state index in [4.69, 9.17) is 11.6 Å². The minimum atomic E-state index is -0.125. The van der Waals surface area contributed by atoms with E-state index in [2.05, 4.69) is 12.2 Å². The number of rotatable bonds is 4. The first kappa shape index (κ1) is 13.6. The highest BCUT2D eigenvalue weighted by Gasteiger charge is 2.05. The monoisotopic (exact) mass is 273 g/mol. The molecule has 1 amide bonds. The second-order valence-corrected chi connectivity index (χ2v) is 4.84. The zero-order valence-corrected chi connectivity index (χ0v) is 11.6. The highest BCUT2D eigenvalue weighted by Crippen LogP contribution is 2.14. The van der Waals surface area contributed by atoms with Crippen LogP contribution in [0.3, 0.4) is 0 Å². The fourth-order valence-electron chi connectivity index (χ4n) is 1.85. The van der Waals surface area contributed by atoms with Crippen molar-refractivity contribution in [2.24, 2.45) is 0 Å². The van der Waals surface area contributed by atoms with E-state index in [0.29, 0.717) is 10.6 Å². The van der Waals surface area contributed by atoms with Gasteiger partial charge >= 0.3 is 0 Å². The normalized spacial score (nSPS) is 10.2. The molecule has 0 unspecified atom stereocenters. The van der Waals surface area contributed by atoms with Crippen LogP contribution < -0.4 is 5.32 Å². The zero-order valence-electron chi connectivity index (χ0n) is 10.8. The third kappa shape index (κ3) is 3.83. The predicted octanol–water partition coefficient (Wildman–Crippen LogP) is 4.54. The minimum Gasteiger partial charge on any atom is -0.322 e. The van der Waals surface area contributed by atoms with Gasteiger partial charge in [-0.05, 0) is 48.4 Å². The summed E-state index contributed by atoms with van der Waals surface area (Å²) in [6.07, 6.45) is 2.18. The molecule has 0 bridgehead atoms. The Kier molecular flexibility index (Phi) is 4.58. The van der Waals surface area contributed by atoms with Crippen molar-refractivity contribution in [2.75, 3.05) is 5.32 Å². The van der Waals surface area contributed by atoms with Gasteiger partial charge in [0, 0.05) is 16.3 Å². The molecule has 0 atom stereocenters. The van der Waals surface area contributed by atoms with E-state index >= 15 is 0 Å². The molecule has 2 aromatic rings. The van der Waals surface area contributed by atoms with Gasteiger partial charge in [0.05, 0.1) is 0 Å². The van der Waals surface area contributed by atoms with Crippen LogP contribution in [0.2, 0.25) is 5.02 Å². The molecule has 98 valence electrons. The number of nitrogens with one attached hydrogen (secondary N) is 1. The summed E-state index contributed by atoms with van der Waals surface area (Å²) in [7, 11) is 0. The van der Waals surface area contributed by atoms with Crippen LogP contribution in [0.5, 0.6) is 0 Å². The highest BCUT2D eigenvalue weighted by molar-refractivity contribution is 6.30. The van der Waals surface area contributed by atoms with Crippen LogP contribution in [-0.4, -0.2) is 5.91 Å². The fraction of sp³-hybridized carbons (Fsp3) is 0.188. The van der Waals surface area contributed by atoms with Crippen molar-refractivity contribution in [1.82, 2.24) is 0 Å². The lowest BCUT2D eigenvalue weighted by Crippen LogP contribution is -2.11. The average Bonchev–Trinajstić information content (AvgIpc) is 2.42. The first-order valence-corrected chi connectivity index (χ1v) is 6.72. The van der Waals surface area contributed by atoms with Gasteiger partial charge in [0.25, 0.3) is 5.91 Å². The summed E-state index contributed by atoms with van der Waals surface area (Å²) in [6.45, 7) is 2.15. The molecule has 0 aliphatic heterocycles. The number of aryl methyl sites for hydroxylation is 1. The van der Waals surface area contributed by atoms with Gasteiger partial charge in [0.1, 0.15) is 0 Å². The molecule has 2 nitrogen and oxygen atoms in total. The first-order chi connectivity index (χ1) is 9.19. The lowest BCUT2D eigenvalue weighted by atomic mass is 10.1. The molecule has 19 heavy (non-hydrogen) atoms. The van der Waals surface area contributed by atoms with Gasteiger partial charge in [-0.2, -0.15) is 0 Å². The van der Waals surface area contributed by atoms with Gasteiger partial charge in [0.15, 0.2) is 0 Å². The van der Waals surface area contributed by atoms with Crippen LogP contribution in [0.15, 0.2) is 48.5 Å². The number of carbonyl (C=O) groups is 1. The maximum Gasteiger partial charge on any atom is 0.255 e. The van der Waals surface area contributed by atoms with E-state index in [1.54, 1.807) is 24.3 Å². The molecule has 0 saturated carbocycles. The average molecular weight is 274 g/mol. The zero-order chi connectivity index (χ0) is 13.7. The largest absolute Gasteiger partial charge is 0.322 e. The SMILES string of the molecule is CCCc1ccc(NC(=O)c2ccc(Cl)cc2)cc1. The molecule has 3 heteroatoms. The van der Waals surface area contributed by atoms with Gasteiger partial charge in [-0.3, -0.25) is 4.79 Å². The molecule has 0 heterocycles. The van der Waals surface area contributed by atoms with E-state index in [1.165, 1.54) is 5.56 Å². The molecule has 2 aromatic carbocycles. The van der Waals surface area contributed by atoms with Crippen molar-refractivity contribution in [1.29, 1.82) is 0 Å². The van der Waals surface area contributed by atoms with Crippen LogP contribution in [0, 0.1) is 0 Å². The van der Waals surface area contributed by atoms with Crippen molar-refractivity contribution in [3.63, 3.8) is 0 Å². The summed E-state index contributed by atoms with van der Waals surface area (Å²) in [5, 5.41) is 3.49. The number of hydrogen-bond donors (Lipinski definition) is 1. The van der Waals surface area contributed by atoms with E-state index < -0.39 is 0 Å². The van der Waals surface area contributed by atoms with Crippen LogP contribution in [-0.2, 0) is 6.42 Å². The molecule has 2 rings (SSSR count). The molecular formula is C16H16ClNO. The van der Waals surface area contributed by atoms with Crippen molar-refractivity contribution in [3.8, 4) is 0 Å². The molecule has 1 N–H and O–H groups in total. The topological polar surface area (TPSA) is 29.1 Å². The Morgan fingerprint density at radius 1 is 1.05 bits per heavy atom. The number of amides is 1. The van der Waals surface area contributed by atoms with Crippen molar-refractivity contribution < 1.29 is 4.79 Å². The Hall–Kier alpha value is -1.80. The van der Waals surface area contributed by atoms with Crippen LogP contribution in [0.4, 0.5) is 5.69 Å². The summed E-state index contributed by atoms with van der Waals surface area (Å²) in [5.74, 6) is -0.125. The van der Waals surface area contributed by atoms with Crippen molar-refractivity contribution in [3.05, 3.63) is 64.7 Å². The van der Waals surface area contributed by atoms with Crippen LogP contribution in [0.1, 0.15) is 29.3 Å². The van der Waals surface area contributed by atoms with E-state index in [0.717, 1.165) is 18.5 Å². The minimum absolute atomic E-state index is 0.125. The Morgan fingerprint density at radius 2 is 1.68 bits per heavy atom. The van der Waals surface area contributed by atoms with Crippen LogP contribution in [0.25, 0.3) is 0 Å². The summed E-state index contributed by atoms with van der Waals surface area (Å²) in [5.41, 5.74) is 2.69. The third-order valence-corrected chi connectivity index (χ3v) is 3.11. The lowest BCUT2D eigenvalue weighted by Gasteiger charge is -2.06. The third-order valence-electron chi connectivity index (χ3n) is 2.86. The molecule has 0 saturated heterocycles. The standard InChI is InChI=1S/C16H16ClNO/c1-2-3-12-4-10-15(11-5-12)18-16(19)13-6-8-14(17)9-7-13/h4-11H,2-3H2,1H3,(H,18,19). The Balaban J connectivity index is 2.04. The summed E-state index contributed by atoms with van der Waals surface area (Å²) in [6, 6.07) is 14.8. The van der Waals surface area contributed by atoms with E-state index in [-0.39, 0.29) is 5.91 Å². The lowest BCUT2D eigenvalue weighted by molar-refractivity contribution is 0.102. The number of anilines is 1. The number of hydrogen-bond acceptors (Lipinski definition) is 1. The number of carbonyl (C=O) groups excluding carboxylic acids is 1. The molecule has 0 radical (unpaired) electrons. The Morgan fingerprint density at radius 3 is 2.26 bits per heavy atom. The molecular weight excluding hydrogens is 258 g/mol. The van der Waals surface area contributed by atoms with Crippen molar-refractivity contribution in [2.45, 2.75) is 19.8 Å². The molecule has 0 aliphatic rings. The van der Waals surface area contributed by atoms with E-state index in [1.807, 2.05) is 24.3 Å². The van der Waals surface area contributed by atoms with E-state index in [9.17, 15) is 4.79 Å². The smallest absolute Gasteiger partial charge is 0.255 e. The van der Waals surface area contributed by atoms with Gasteiger partial charge in [0.2, 0.25) is 0 Å². The molecule has 0 fully saturated rings. The predicted molar refractivity (Wildman–Crippen MR) is 79.8 cm³/mol. The van der Waals surface area contributed by atoms with Gasteiger partial charge in [-0.25, -0.2) is 0 Å². The number of benzene rings is 2. The molecule has 0 spiro atoms. The fourth-order valence-corrected chi connectivity index (χ4v) is 1.97. The maximum atomic E-state index is 12.0. The second kappa shape index (κ2) is 6.39. The first-order valence-electron chi connectivity index (χ1n) is 6.35. The van der Waals surface area contributed by atoms with Crippen LogP contribution >= 0.6 is 11.6 Å². The highest BCUT2D eigenvalue weighted by atomic mass is 35.5. The second-order valence-electron chi connectivity index (χ2n) is 4.41. The molecule has 0 aromatic heterocycles.